The number of nitrogens with zero attached hydrogens (tertiary/aromatic N) is 3. The molecule has 124 valence electrons. The smallest absolute Gasteiger partial charge is 0.185 e. The molecule has 2 aliphatic rings. The first-order valence-corrected chi connectivity index (χ1v) is 9.37. The van der Waals surface area contributed by atoms with Gasteiger partial charge in [0.15, 0.2) is 5.13 Å². The van der Waals surface area contributed by atoms with Crippen LogP contribution in [0.1, 0.15) is 19.8 Å². The van der Waals surface area contributed by atoms with Crippen molar-refractivity contribution in [2.75, 3.05) is 57.4 Å². The van der Waals surface area contributed by atoms with Crippen molar-refractivity contribution in [2.45, 2.75) is 25.8 Å². The Kier molecular flexibility index (Phi) is 6.06. The highest BCUT2D eigenvalue weighted by molar-refractivity contribution is 7.13. The lowest BCUT2D eigenvalue weighted by Gasteiger charge is -2.34. The summed E-state index contributed by atoms with van der Waals surface area (Å²) in [6.07, 6.45) is 4.35. The second-order valence-corrected chi connectivity index (χ2v) is 7.38. The van der Waals surface area contributed by atoms with Gasteiger partial charge in [-0.1, -0.05) is 6.92 Å². The maximum Gasteiger partial charge on any atom is 0.185 e. The molecule has 0 spiro atoms. The number of morpholine rings is 1. The average molecular weight is 324 g/mol. The molecule has 5 nitrogen and oxygen atoms in total. The van der Waals surface area contributed by atoms with Crippen LogP contribution in [0.4, 0.5) is 5.13 Å². The molecule has 6 heteroatoms. The number of thiazole rings is 1. The molecule has 0 radical (unpaired) electrons. The number of ether oxygens (including phenoxy) is 1. The van der Waals surface area contributed by atoms with Crippen molar-refractivity contribution >= 4 is 16.5 Å². The summed E-state index contributed by atoms with van der Waals surface area (Å²) in [5, 5.41) is 7.02. The highest BCUT2D eigenvalue weighted by Gasteiger charge is 2.21. The molecule has 1 N–H and O–H groups in total. The van der Waals surface area contributed by atoms with Gasteiger partial charge in [-0.05, 0) is 25.3 Å². The molecule has 1 atom stereocenters. The fraction of sp³-hybridized carbons (Fsp3) is 0.812. The van der Waals surface area contributed by atoms with E-state index in [4.69, 9.17) is 4.74 Å². The number of aromatic nitrogens is 1. The van der Waals surface area contributed by atoms with Crippen molar-refractivity contribution in [3.63, 3.8) is 0 Å². The predicted molar refractivity (Wildman–Crippen MR) is 91.8 cm³/mol. The summed E-state index contributed by atoms with van der Waals surface area (Å²) in [6.45, 7) is 10.9. The normalized spacial score (nSPS) is 22.9. The van der Waals surface area contributed by atoms with E-state index in [9.17, 15) is 0 Å². The minimum Gasteiger partial charge on any atom is -0.379 e. The van der Waals surface area contributed by atoms with Gasteiger partial charge in [0.25, 0.3) is 0 Å². The van der Waals surface area contributed by atoms with Gasteiger partial charge in [-0.3, -0.25) is 4.90 Å². The summed E-state index contributed by atoms with van der Waals surface area (Å²) in [6, 6.07) is 0.670. The summed E-state index contributed by atoms with van der Waals surface area (Å²) in [5.74, 6) is 0.704. The van der Waals surface area contributed by atoms with E-state index >= 15 is 0 Å². The fourth-order valence-corrected chi connectivity index (χ4v) is 4.00. The monoisotopic (exact) mass is 324 g/mol. The largest absolute Gasteiger partial charge is 0.379 e. The Hall–Kier alpha value is -0.690. The SMILES string of the molecule is CC(CNC1CCN(c2nccs2)CC1)CN1CCOCC1. The molecule has 0 bridgehead atoms. The van der Waals surface area contributed by atoms with E-state index in [-0.39, 0.29) is 0 Å². The molecule has 0 saturated carbocycles. The Morgan fingerprint density at radius 1 is 1.32 bits per heavy atom. The molecule has 0 aliphatic carbocycles. The number of piperidine rings is 1. The fourth-order valence-electron chi connectivity index (χ4n) is 3.30. The van der Waals surface area contributed by atoms with Crippen LogP contribution in [-0.2, 0) is 4.74 Å². The molecule has 3 heterocycles. The van der Waals surface area contributed by atoms with Crippen LogP contribution in [0.5, 0.6) is 0 Å². The second-order valence-electron chi connectivity index (χ2n) is 6.50. The van der Waals surface area contributed by atoms with E-state index in [0.29, 0.717) is 12.0 Å². The highest BCUT2D eigenvalue weighted by atomic mass is 32.1. The van der Waals surface area contributed by atoms with E-state index in [1.165, 1.54) is 24.5 Å². The van der Waals surface area contributed by atoms with Gasteiger partial charge in [0.2, 0.25) is 0 Å². The Balaban J connectivity index is 1.32. The molecule has 2 aliphatic heterocycles. The van der Waals surface area contributed by atoms with Gasteiger partial charge in [0.05, 0.1) is 13.2 Å². The Labute approximate surface area is 137 Å². The standard InChI is InChI=1S/C16H28N4OS/c1-14(13-19-7-9-21-10-8-19)12-18-15-2-5-20(6-3-15)16-17-4-11-22-16/h4,11,14-15,18H,2-3,5-10,12-13H2,1H3. The molecule has 1 aromatic heterocycles. The lowest BCUT2D eigenvalue weighted by molar-refractivity contribution is 0.0316. The van der Waals surface area contributed by atoms with Gasteiger partial charge in [0.1, 0.15) is 0 Å². The summed E-state index contributed by atoms with van der Waals surface area (Å²) >= 11 is 1.75. The third-order valence-corrected chi connectivity index (χ3v) is 5.45. The summed E-state index contributed by atoms with van der Waals surface area (Å²) in [7, 11) is 0. The number of hydrogen-bond acceptors (Lipinski definition) is 6. The number of rotatable bonds is 6. The number of anilines is 1. The van der Waals surface area contributed by atoms with Gasteiger partial charge >= 0.3 is 0 Å². The Morgan fingerprint density at radius 3 is 2.77 bits per heavy atom. The number of hydrogen-bond donors (Lipinski definition) is 1. The van der Waals surface area contributed by atoms with Crippen molar-refractivity contribution in [1.82, 2.24) is 15.2 Å². The molecule has 22 heavy (non-hydrogen) atoms. The van der Waals surface area contributed by atoms with E-state index < -0.39 is 0 Å². The maximum atomic E-state index is 5.41. The van der Waals surface area contributed by atoms with Crippen LogP contribution < -0.4 is 10.2 Å². The van der Waals surface area contributed by atoms with Crippen LogP contribution in [0.3, 0.4) is 0 Å². The molecule has 3 rings (SSSR count). The van der Waals surface area contributed by atoms with E-state index in [1.54, 1.807) is 11.3 Å². The van der Waals surface area contributed by atoms with Gasteiger partial charge in [0, 0.05) is 50.3 Å². The first-order chi connectivity index (χ1) is 10.8. The molecular weight excluding hydrogens is 296 g/mol. The minimum absolute atomic E-state index is 0.670. The molecule has 0 aromatic carbocycles. The lowest BCUT2D eigenvalue weighted by Crippen LogP contribution is -2.45. The van der Waals surface area contributed by atoms with Crippen molar-refractivity contribution < 1.29 is 4.74 Å². The predicted octanol–water partition coefficient (Wildman–Crippen LogP) is 1.67. The van der Waals surface area contributed by atoms with Crippen LogP contribution in [0.25, 0.3) is 0 Å². The van der Waals surface area contributed by atoms with E-state index in [1.807, 2.05) is 6.20 Å². The van der Waals surface area contributed by atoms with E-state index in [0.717, 1.165) is 45.9 Å². The Morgan fingerprint density at radius 2 is 2.09 bits per heavy atom. The molecule has 1 unspecified atom stereocenters. The van der Waals surface area contributed by atoms with Gasteiger partial charge in [-0.2, -0.15) is 0 Å². The quantitative estimate of drug-likeness (QED) is 0.862. The average Bonchev–Trinajstić information content (AvgIpc) is 3.09. The zero-order valence-electron chi connectivity index (χ0n) is 13.5. The topological polar surface area (TPSA) is 40.6 Å². The Bertz CT molecular complexity index is 414. The van der Waals surface area contributed by atoms with Crippen LogP contribution in [0, 0.1) is 5.92 Å². The summed E-state index contributed by atoms with van der Waals surface area (Å²) in [4.78, 5) is 9.36. The molecule has 2 saturated heterocycles. The number of nitrogens with one attached hydrogen (secondary N) is 1. The lowest BCUT2D eigenvalue weighted by atomic mass is 10.0. The van der Waals surface area contributed by atoms with E-state index in [2.05, 4.69) is 32.4 Å². The molecule has 1 aromatic rings. The third kappa shape index (κ3) is 4.65. The molecular formula is C16H28N4OS. The van der Waals surface area contributed by atoms with Gasteiger partial charge in [-0.15, -0.1) is 11.3 Å². The molecule has 2 fully saturated rings. The van der Waals surface area contributed by atoms with Crippen LogP contribution in [0.2, 0.25) is 0 Å². The summed E-state index contributed by atoms with van der Waals surface area (Å²) in [5.41, 5.74) is 0. The molecule has 0 amide bonds. The first-order valence-electron chi connectivity index (χ1n) is 8.49. The van der Waals surface area contributed by atoms with Gasteiger partial charge < -0.3 is 15.0 Å². The van der Waals surface area contributed by atoms with Crippen LogP contribution in [-0.4, -0.2) is 68.4 Å². The van der Waals surface area contributed by atoms with Crippen molar-refractivity contribution in [2.24, 2.45) is 5.92 Å². The summed E-state index contributed by atoms with van der Waals surface area (Å²) < 4.78 is 5.41. The maximum absolute atomic E-state index is 5.41. The minimum atomic E-state index is 0.670. The van der Waals surface area contributed by atoms with Crippen molar-refractivity contribution in [1.29, 1.82) is 0 Å². The second kappa shape index (κ2) is 8.24. The van der Waals surface area contributed by atoms with Gasteiger partial charge in [-0.25, -0.2) is 4.98 Å². The van der Waals surface area contributed by atoms with Crippen LogP contribution >= 0.6 is 11.3 Å². The third-order valence-electron chi connectivity index (χ3n) is 4.61. The van der Waals surface area contributed by atoms with Crippen molar-refractivity contribution in [3.8, 4) is 0 Å². The zero-order chi connectivity index (χ0) is 15.2. The zero-order valence-corrected chi connectivity index (χ0v) is 14.4. The highest BCUT2D eigenvalue weighted by Crippen LogP contribution is 2.22. The first kappa shape index (κ1) is 16.2. The van der Waals surface area contributed by atoms with Crippen LogP contribution in [0.15, 0.2) is 11.6 Å². The van der Waals surface area contributed by atoms with Crippen molar-refractivity contribution in [3.05, 3.63) is 11.6 Å².